The van der Waals surface area contributed by atoms with E-state index in [1.807, 2.05) is 84.9 Å². The third-order valence-corrected chi connectivity index (χ3v) is 6.19. The van der Waals surface area contributed by atoms with E-state index in [1.54, 1.807) is 0 Å². The molecule has 5 rings (SSSR count). The molecule has 3 aromatic carbocycles. The third kappa shape index (κ3) is 5.74. The van der Waals surface area contributed by atoms with Gasteiger partial charge in [-0.05, 0) is 22.3 Å². The summed E-state index contributed by atoms with van der Waals surface area (Å²) in [5.41, 5.74) is 4.16. The molecule has 2 aliphatic rings. The van der Waals surface area contributed by atoms with Gasteiger partial charge in [-0.15, -0.1) is 0 Å². The van der Waals surface area contributed by atoms with E-state index in [4.69, 9.17) is 23.7 Å². The molecular weight excluding hydrogens is 444 g/mol. The Bertz CT molecular complexity index is 1110. The summed E-state index contributed by atoms with van der Waals surface area (Å²) in [4.78, 5) is 0. The van der Waals surface area contributed by atoms with Crippen LogP contribution in [-0.4, -0.2) is 36.6 Å². The van der Waals surface area contributed by atoms with E-state index < -0.39 is 18.3 Å². The topological polar surface area (TPSA) is 66.4 Å². The zero-order valence-corrected chi connectivity index (χ0v) is 19.5. The number of hydrogen-bond donors (Lipinski definition) is 1. The van der Waals surface area contributed by atoms with Crippen LogP contribution in [0.3, 0.4) is 0 Å². The molecule has 3 aromatic rings. The quantitative estimate of drug-likeness (QED) is 0.544. The monoisotopic (exact) mass is 474 g/mol. The van der Waals surface area contributed by atoms with Gasteiger partial charge in [0.05, 0.1) is 26.4 Å². The fourth-order valence-corrected chi connectivity index (χ4v) is 4.34. The Hall–Kier alpha value is -3.16. The van der Waals surface area contributed by atoms with E-state index in [-0.39, 0.29) is 6.61 Å². The predicted octanol–water partition coefficient (Wildman–Crippen LogP) is 4.51. The minimum Gasteiger partial charge on any atom is -0.487 e. The maximum Gasteiger partial charge on any atom is 0.168 e. The van der Waals surface area contributed by atoms with Crippen LogP contribution in [0.2, 0.25) is 0 Å². The van der Waals surface area contributed by atoms with Crippen LogP contribution in [0.5, 0.6) is 0 Å². The van der Waals surface area contributed by atoms with E-state index >= 15 is 0 Å². The highest BCUT2D eigenvalue weighted by molar-refractivity contribution is 5.27. The fourth-order valence-electron chi connectivity index (χ4n) is 4.34. The van der Waals surface area contributed by atoms with Gasteiger partial charge in [-0.2, -0.15) is 0 Å². The number of benzene rings is 3. The van der Waals surface area contributed by atoms with E-state index in [0.29, 0.717) is 44.6 Å². The largest absolute Gasteiger partial charge is 0.487 e. The van der Waals surface area contributed by atoms with Crippen molar-refractivity contribution in [2.24, 2.45) is 0 Å². The lowest BCUT2D eigenvalue weighted by molar-refractivity contribution is -0.168. The second-order valence-corrected chi connectivity index (χ2v) is 8.64. The Balaban J connectivity index is 1.48. The number of hydrogen-bond acceptors (Lipinski definition) is 6. The first-order valence-corrected chi connectivity index (χ1v) is 11.9. The molecule has 182 valence electrons. The molecule has 0 aromatic heterocycles. The summed E-state index contributed by atoms with van der Waals surface area (Å²) in [5.74, 6) is 1.01. The maximum atomic E-state index is 10.2. The SMILES string of the molecule is OC[C@@H]1OC2COCc3ccccc3COC(=C1OCc1ccccc1)[C@@H]2OCc1ccccc1. The van der Waals surface area contributed by atoms with Gasteiger partial charge in [0, 0.05) is 0 Å². The molecule has 1 unspecified atom stereocenters. The average Bonchev–Trinajstić information content (AvgIpc) is 2.91. The highest BCUT2D eigenvalue weighted by atomic mass is 16.6. The van der Waals surface area contributed by atoms with Crippen molar-refractivity contribution < 1.29 is 28.8 Å². The molecule has 0 amide bonds. The minimum absolute atomic E-state index is 0.241. The van der Waals surface area contributed by atoms with E-state index in [1.165, 1.54) is 0 Å². The summed E-state index contributed by atoms with van der Waals surface area (Å²) in [6, 6.07) is 27.9. The van der Waals surface area contributed by atoms with Gasteiger partial charge in [-0.3, -0.25) is 0 Å². The van der Waals surface area contributed by atoms with Gasteiger partial charge in [0.15, 0.2) is 11.5 Å². The number of ether oxygens (including phenoxy) is 5. The van der Waals surface area contributed by atoms with E-state index in [9.17, 15) is 5.11 Å². The van der Waals surface area contributed by atoms with Crippen LogP contribution >= 0.6 is 0 Å². The van der Waals surface area contributed by atoms with Crippen LogP contribution in [0.4, 0.5) is 0 Å². The molecule has 6 heteroatoms. The van der Waals surface area contributed by atoms with Gasteiger partial charge in [0.25, 0.3) is 0 Å². The van der Waals surface area contributed by atoms with E-state index in [0.717, 1.165) is 22.3 Å². The first-order valence-electron chi connectivity index (χ1n) is 11.9. The summed E-state index contributed by atoms with van der Waals surface area (Å²) in [5, 5.41) is 10.2. The normalized spacial score (nSPS) is 22.1. The van der Waals surface area contributed by atoms with Crippen LogP contribution in [-0.2, 0) is 50.1 Å². The Morgan fingerprint density at radius 2 is 1.40 bits per heavy atom. The molecular formula is C29H30O6. The predicted molar refractivity (Wildman–Crippen MR) is 130 cm³/mol. The van der Waals surface area contributed by atoms with Gasteiger partial charge in [0.2, 0.25) is 0 Å². The van der Waals surface area contributed by atoms with Crippen LogP contribution in [0.15, 0.2) is 96.4 Å². The summed E-state index contributed by atoms with van der Waals surface area (Å²) in [6.45, 7) is 1.54. The Morgan fingerprint density at radius 3 is 2.09 bits per heavy atom. The maximum absolute atomic E-state index is 10.2. The summed E-state index contributed by atoms with van der Waals surface area (Å²) < 4.78 is 31.4. The molecule has 0 fully saturated rings. The van der Waals surface area contributed by atoms with Crippen molar-refractivity contribution in [3.8, 4) is 0 Å². The Kier molecular flexibility index (Phi) is 7.75. The first kappa shape index (κ1) is 23.6. The molecule has 35 heavy (non-hydrogen) atoms. The zero-order chi connectivity index (χ0) is 23.9. The van der Waals surface area contributed by atoms with Crippen molar-refractivity contribution in [1.29, 1.82) is 0 Å². The molecule has 0 saturated carbocycles. The molecule has 2 bridgehead atoms. The molecule has 3 atom stereocenters. The average molecular weight is 475 g/mol. The summed E-state index contributed by atoms with van der Waals surface area (Å²) >= 11 is 0. The van der Waals surface area contributed by atoms with Crippen molar-refractivity contribution in [2.75, 3.05) is 13.2 Å². The number of fused-ring (bicyclic) bond motifs is 3. The molecule has 6 nitrogen and oxygen atoms in total. The van der Waals surface area contributed by atoms with Crippen molar-refractivity contribution in [1.82, 2.24) is 0 Å². The molecule has 1 N–H and O–H groups in total. The van der Waals surface area contributed by atoms with Gasteiger partial charge < -0.3 is 28.8 Å². The second kappa shape index (κ2) is 11.5. The van der Waals surface area contributed by atoms with Gasteiger partial charge >= 0.3 is 0 Å². The molecule has 0 spiro atoms. The van der Waals surface area contributed by atoms with Gasteiger partial charge in [-0.1, -0.05) is 84.9 Å². The van der Waals surface area contributed by atoms with E-state index in [2.05, 4.69) is 0 Å². The lowest BCUT2D eigenvalue weighted by atomic mass is 10.0. The fraction of sp³-hybridized carbons (Fsp3) is 0.310. The number of rotatable bonds is 7. The summed E-state index contributed by atoms with van der Waals surface area (Å²) in [7, 11) is 0. The highest BCUT2D eigenvalue weighted by Gasteiger charge is 2.42. The minimum atomic E-state index is -0.673. The summed E-state index contributed by atoms with van der Waals surface area (Å²) in [6.07, 6.45) is -1.68. The molecule has 2 heterocycles. The number of aliphatic hydroxyl groups excluding tert-OH is 1. The smallest absolute Gasteiger partial charge is 0.168 e. The third-order valence-electron chi connectivity index (χ3n) is 6.19. The van der Waals surface area contributed by atoms with Crippen molar-refractivity contribution in [3.05, 3.63) is 119 Å². The Labute approximate surface area is 205 Å². The molecule has 0 saturated heterocycles. The Morgan fingerprint density at radius 1 is 0.771 bits per heavy atom. The number of aliphatic hydroxyl groups is 1. The van der Waals surface area contributed by atoms with Crippen molar-refractivity contribution in [2.45, 2.75) is 44.7 Å². The first-order chi connectivity index (χ1) is 17.3. The van der Waals surface area contributed by atoms with Crippen molar-refractivity contribution >= 4 is 0 Å². The molecule has 0 aliphatic carbocycles. The van der Waals surface area contributed by atoms with Crippen LogP contribution < -0.4 is 0 Å². The lowest BCUT2D eigenvalue weighted by Gasteiger charge is -2.38. The zero-order valence-electron chi connectivity index (χ0n) is 19.5. The van der Waals surface area contributed by atoms with Gasteiger partial charge in [0.1, 0.15) is 31.5 Å². The molecule has 2 aliphatic heterocycles. The standard InChI is InChI=1S/C29H30O6/c30-15-25-27(32-16-21-9-3-1-4-10-21)29-28(33-17-22-11-5-2-6-12-22)26(35-25)20-31-18-23-13-7-8-14-24(23)19-34-29/h1-14,25-26,28,30H,15-20H2/t25-,26?,28+/m0/s1. The molecule has 0 radical (unpaired) electrons. The van der Waals surface area contributed by atoms with Gasteiger partial charge in [-0.25, -0.2) is 0 Å². The highest BCUT2D eigenvalue weighted by Crippen LogP contribution is 2.33. The van der Waals surface area contributed by atoms with Crippen LogP contribution in [0, 0.1) is 0 Å². The lowest BCUT2D eigenvalue weighted by Crippen LogP contribution is -2.47. The van der Waals surface area contributed by atoms with Crippen LogP contribution in [0.25, 0.3) is 0 Å². The second-order valence-electron chi connectivity index (χ2n) is 8.64. The van der Waals surface area contributed by atoms with Crippen LogP contribution in [0.1, 0.15) is 22.3 Å². The van der Waals surface area contributed by atoms with Crippen molar-refractivity contribution in [3.63, 3.8) is 0 Å².